The number of fused-ring (bicyclic) bond motifs is 1. The summed E-state index contributed by atoms with van der Waals surface area (Å²) in [6.45, 7) is 0.998. The Morgan fingerprint density at radius 3 is 2.26 bits per heavy atom. The molecule has 34 heavy (non-hydrogen) atoms. The summed E-state index contributed by atoms with van der Waals surface area (Å²) in [6, 6.07) is 17.7. The van der Waals surface area contributed by atoms with Crippen LogP contribution in [0.1, 0.15) is 10.4 Å². The molecule has 0 bridgehead atoms. The van der Waals surface area contributed by atoms with Crippen LogP contribution in [0.4, 0.5) is 11.4 Å². The first-order valence-corrected chi connectivity index (χ1v) is 11.5. The van der Waals surface area contributed by atoms with Crippen molar-refractivity contribution < 1.29 is 28.5 Å². The van der Waals surface area contributed by atoms with Gasteiger partial charge in [0, 0.05) is 22.3 Å². The van der Waals surface area contributed by atoms with Crippen molar-refractivity contribution in [2.75, 3.05) is 43.8 Å². The molecule has 3 aromatic rings. The fourth-order valence-electron chi connectivity index (χ4n) is 3.40. The first-order chi connectivity index (χ1) is 16.6. The van der Waals surface area contributed by atoms with E-state index in [0.717, 1.165) is 4.90 Å². The highest BCUT2D eigenvalue weighted by Gasteiger charge is 2.18. The van der Waals surface area contributed by atoms with Gasteiger partial charge in [0.05, 0.1) is 20.0 Å². The van der Waals surface area contributed by atoms with Crippen molar-refractivity contribution in [1.82, 2.24) is 0 Å². The molecule has 4 rings (SSSR count). The lowest BCUT2D eigenvalue weighted by Crippen LogP contribution is -2.17. The monoisotopic (exact) mass is 480 g/mol. The summed E-state index contributed by atoms with van der Waals surface area (Å²) >= 11 is 1.36. The molecule has 1 heterocycles. The van der Waals surface area contributed by atoms with Gasteiger partial charge in [0.1, 0.15) is 30.3 Å². The van der Waals surface area contributed by atoms with Gasteiger partial charge in [-0.2, -0.15) is 0 Å². The van der Waals surface area contributed by atoms with Crippen molar-refractivity contribution in [2.45, 2.75) is 4.90 Å². The van der Waals surface area contributed by atoms with E-state index in [-0.39, 0.29) is 17.6 Å². The van der Waals surface area contributed by atoms with Gasteiger partial charge in [0.2, 0.25) is 5.91 Å². The number of carbonyl (C=O) groups is 2. The summed E-state index contributed by atoms with van der Waals surface area (Å²) in [6.07, 6.45) is 0. The Morgan fingerprint density at radius 2 is 1.53 bits per heavy atom. The minimum atomic E-state index is -0.354. The summed E-state index contributed by atoms with van der Waals surface area (Å²) in [5, 5.41) is 5.73. The highest BCUT2D eigenvalue weighted by Crippen LogP contribution is 2.33. The Morgan fingerprint density at radius 1 is 0.853 bits per heavy atom. The number of carbonyl (C=O) groups excluding carboxylic acids is 2. The Balaban J connectivity index is 1.37. The quantitative estimate of drug-likeness (QED) is 0.460. The van der Waals surface area contributed by atoms with E-state index in [2.05, 4.69) is 10.6 Å². The topological polar surface area (TPSA) is 95.1 Å². The third-order valence-corrected chi connectivity index (χ3v) is 5.94. The number of thioether (sulfide) groups is 1. The van der Waals surface area contributed by atoms with E-state index in [1.807, 2.05) is 18.2 Å². The van der Waals surface area contributed by atoms with Gasteiger partial charge in [-0.25, -0.2) is 0 Å². The second kappa shape index (κ2) is 10.8. The maximum atomic E-state index is 12.9. The van der Waals surface area contributed by atoms with Crippen LogP contribution in [-0.4, -0.2) is 45.0 Å². The molecule has 0 fully saturated rings. The predicted octanol–water partition coefficient (Wildman–Crippen LogP) is 4.46. The Labute approximate surface area is 201 Å². The number of nitrogens with one attached hydrogen (secondary N) is 2. The van der Waals surface area contributed by atoms with Crippen LogP contribution in [0.15, 0.2) is 65.6 Å². The molecule has 0 atom stereocenters. The molecule has 8 nitrogen and oxygen atoms in total. The maximum absolute atomic E-state index is 12.9. The van der Waals surface area contributed by atoms with E-state index in [9.17, 15) is 9.59 Å². The van der Waals surface area contributed by atoms with Crippen molar-refractivity contribution in [3.63, 3.8) is 0 Å². The van der Waals surface area contributed by atoms with E-state index in [0.29, 0.717) is 53.2 Å². The van der Waals surface area contributed by atoms with Gasteiger partial charge in [0.25, 0.3) is 5.91 Å². The molecule has 2 N–H and O–H groups in total. The van der Waals surface area contributed by atoms with Crippen LogP contribution < -0.4 is 29.6 Å². The van der Waals surface area contributed by atoms with Crippen LogP contribution >= 0.6 is 11.8 Å². The molecule has 3 aromatic carbocycles. The minimum Gasteiger partial charge on any atom is -0.496 e. The zero-order valence-corrected chi connectivity index (χ0v) is 19.6. The van der Waals surface area contributed by atoms with Crippen LogP contribution in [0.2, 0.25) is 0 Å². The average molecular weight is 481 g/mol. The van der Waals surface area contributed by atoms with Gasteiger partial charge >= 0.3 is 0 Å². The van der Waals surface area contributed by atoms with Crippen molar-refractivity contribution in [3.05, 3.63) is 66.2 Å². The lowest BCUT2D eigenvalue weighted by Gasteiger charge is -2.19. The van der Waals surface area contributed by atoms with Crippen molar-refractivity contribution in [3.8, 4) is 23.0 Å². The number of anilines is 2. The highest BCUT2D eigenvalue weighted by atomic mass is 32.2. The van der Waals surface area contributed by atoms with Crippen LogP contribution in [-0.2, 0) is 4.79 Å². The van der Waals surface area contributed by atoms with Crippen molar-refractivity contribution in [1.29, 1.82) is 0 Å². The molecule has 0 radical (unpaired) electrons. The van der Waals surface area contributed by atoms with Gasteiger partial charge in [-0.3, -0.25) is 9.59 Å². The third-order valence-electron chi connectivity index (χ3n) is 4.94. The van der Waals surface area contributed by atoms with E-state index in [4.69, 9.17) is 18.9 Å². The standard InChI is InChI=1S/C25H24N2O6S/c1-30-20-7-4-8-21(31-2)24(20)25(29)27-16-5-3-6-18(13-16)34-15-23(28)26-17-9-10-19-22(14-17)33-12-11-32-19/h3-10,13-14H,11-12,15H2,1-2H3,(H,26,28)(H,27,29). The molecular weight excluding hydrogens is 456 g/mol. The van der Waals surface area contributed by atoms with E-state index >= 15 is 0 Å². The van der Waals surface area contributed by atoms with Crippen molar-refractivity contribution >= 4 is 35.0 Å². The Hall–Kier alpha value is -3.85. The molecule has 0 saturated carbocycles. The summed E-state index contributed by atoms with van der Waals surface area (Å²) < 4.78 is 21.7. The van der Waals surface area contributed by atoms with Gasteiger partial charge in [-0.1, -0.05) is 12.1 Å². The number of amides is 2. The number of methoxy groups -OCH3 is 2. The van der Waals surface area contributed by atoms with Gasteiger partial charge in [0.15, 0.2) is 11.5 Å². The fourth-order valence-corrected chi connectivity index (χ4v) is 4.15. The number of rotatable bonds is 8. The highest BCUT2D eigenvalue weighted by molar-refractivity contribution is 8.00. The molecule has 9 heteroatoms. The van der Waals surface area contributed by atoms with E-state index in [1.165, 1.54) is 26.0 Å². The molecule has 1 aliphatic rings. The molecule has 0 aromatic heterocycles. The average Bonchev–Trinajstić information content (AvgIpc) is 2.87. The largest absolute Gasteiger partial charge is 0.496 e. The molecule has 1 aliphatic heterocycles. The predicted molar refractivity (Wildman–Crippen MR) is 131 cm³/mol. The first kappa shape index (κ1) is 23.3. The van der Waals surface area contributed by atoms with Gasteiger partial charge in [-0.05, 0) is 42.5 Å². The van der Waals surface area contributed by atoms with Gasteiger partial charge in [-0.15, -0.1) is 11.8 Å². The zero-order valence-electron chi connectivity index (χ0n) is 18.8. The fraction of sp³-hybridized carbons (Fsp3) is 0.200. The Kier molecular flexibility index (Phi) is 7.44. The van der Waals surface area contributed by atoms with Crippen molar-refractivity contribution in [2.24, 2.45) is 0 Å². The summed E-state index contributed by atoms with van der Waals surface area (Å²) in [5.74, 6) is 1.81. The second-order valence-corrected chi connectivity index (χ2v) is 8.26. The molecule has 2 amide bonds. The lowest BCUT2D eigenvalue weighted by atomic mass is 10.1. The normalized spacial score (nSPS) is 11.9. The first-order valence-electron chi connectivity index (χ1n) is 10.5. The van der Waals surface area contributed by atoms with E-state index < -0.39 is 0 Å². The van der Waals surface area contributed by atoms with Crippen LogP contribution in [0, 0.1) is 0 Å². The molecule has 0 aliphatic carbocycles. The molecule has 176 valence electrons. The SMILES string of the molecule is COc1cccc(OC)c1C(=O)Nc1cccc(SCC(=O)Nc2ccc3c(c2)OCCO3)c1. The smallest absolute Gasteiger partial charge is 0.263 e. The van der Waals surface area contributed by atoms with Crippen LogP contribution in [0.5, 0.6) is 23.0 Å². The number of ether oxygens (including phenoxy) is 4. The summed E-state index contributed by atoms with van der Waals surface area (Å²) in [4.78, 5) is 26.2. The van der Waals surface area contributed by atoms with Gasteiger partial charge < -0.3 is 29.6 Å². The molecule has 0 spiro atoms. The molecule has 0 saturated heterocycles. The Bertz CT molecular complexity index is 1180. The summed E-state index contributed by atoms with van der Waals surface area (Å²) in [5.41, 5.74) is 1.54. The number of benzene rings is 3. The molecular formula is C25H24N2O6S. The summed E-state index contributed by atoms with van der Waals surface area (Å²) in [7, 11) is 3.00. The number of hydrogen-bond donors (Lipinski definition) is 2. The number of hydrogen-bond acceptors (Lipinski definition) is 7. The minimum absolute atomic E-state index is 0.158. The maximum Gasteiger partial charge on any atom is 0.263 e. The molecule has 0 unspecified atom stereocenters. The van der Waals surface area contributed by atoms with E-state index in [1.54, 1.807) is 42.5 Å². The van der Waals surface area contributed by atoms with Crippen LogP contribution in [0.25, 0.3) is 0 Å². The third kappa shape index (κ3) is 5.55. The lowest BCUT2D eigenvalue weighted by molar-refractivity contribution is -0.113. The van der Waals surface area contributed by atoms with Crippen LogP contribution in [0.3, 0.4) is 0 Å². The second-order valence-electron chi connectivity index (χ2n) is 7.21. The zero-order chi connectivity index (χ0) is 23.9.